The zero-order valence-electron chi connectivity index (χ0n) is 12.9. The number of alkyl carbamates (subject to hydrolysis) is 1. The van der Waals surface area contributed by atoms with Crippen LogP contribution in [0.1, 0.15) is 24.1 Å². The van der Waals surface area contributed by atoms with Gasteiger partial charge in [0.15, 0.2) is 0 Å². The monoisotopic (exact) mass is 300 g/mol. The summed E-state index contributed by atoms with van der Waals surface area (Å²) in [5, 5.41) is 2.98. The van der Waals surface area contributed by atoms with E-state index in [0.29, 0.717) is 12.3 Å². The van der Waals surface area contributed by atoms with E-state index >= 15 is 0 Å². The van der Waals surface area contributed by atoms with Crippen LogP contribution in [-0.4, -0.2) is 25.3 Å². The number of carbonyl (C=O) groups excluding carboxylic acids is 1. The minimum Gasteiger partial charge on any atom is -0.481 e. The van der Waals surface area contributed by atoms with Crippen molar-refractivity contribution in [2.24, 2.45) is 5.92 Å². The van der Waals surface area contributed by atoms with Gasteiger partial charge in [-0.25, -0.2) is 9.78 Å². The molecule has 0 unspecified atom stereocenters. The van der Waals surface area contributed by atoms with Crippen LogP contribution in [0.15, 0.2) is 36.4 Å². The van der Waals surface area contributed by atoms with E-state index in [4.69, 9.17) is 9.47 Å². The van der Waals surface area contributed by atoms with Crippen molar-refractivity contribution < 1.29 is 14.3 Å². The molecule has 1 aromatic rings. The average molecular weight is 300 g/mol. The molecule has 2 bridgehead atoms. The lowest BCUT2D eigenvalue weighted by molar-refractivity contribution is 0.153. The number of hydrogen-bond acceptors (Lipinski definition) is 4. The Morgan fingerprint density at radius 1 is 1.36 bits per heavy atom. The van der Waals surface area contributed by atoms with E-state index in [1.54, 1.807) is 7.11 Å². The van der Waals surface area contributed by atoms with Crippen molar-refractivity contribution in [3.05, 3.63) is 47.7 Å². The standard InChI is InChI=1S/C17H20N2O3/c1-10-7-12-8-14-13(5-6-15(18-14)21-3)17(9-10,11(12)2)19-16(20)22-4/h5-6,12H,1-2,7-9H2,3-4H3,(H,19,20)/t12-,17+/m1/s1. The van der Waals surface area contributed by atoms with Crippen LogP contribution in [-0.2, 0) is 16.7 Å². The van der Waals surface area contributed by atoms with E-state index in [9.17, 15) is 4.79 Å². The van der Waals surface area contributed by atoms with Gasteiger partial charge in [0.05, 0.1) is 25.5 Å². The summed E-state index contributed by atoms with van der Waals surface area (Å²) in [4.78, 5) is 16.5. The van der Waals surface area contributed by atoms with E-state index in [1.165, 1.54) is 7.11 Å². The van der Waals surface area contributed by atoms with Gasteiger partial charge < -0.3 is 14.8 Å². The Morgan fingerprint density at radius 2 is 2.14 bits per heavy atom. The molecule has 3 rings (SSSR count). The van der Waals surface area contributed by atoms with Crippen molar-refractivity contribution in [2.75, 3.05) is 14.2 Å². The van der Waals surface area contributed by atoms with Crippen LogP contribution in [0.5, 0.6) is 5.88 Å². The highest BCUT2D eigenvalue weighted by Gasteiger charge is 2.49. The molecule has 1 saturated carbocycles. The third-order valence-electron chi connectivity index (χ3n) is 4.65. The summed E-state index contributed by atoms with van der Waals surface area (Å²) in [5.74, 6) is 0.807. The van der Waals surface area contributed by atoms with E-state index in [0.717, 1.165) is 35.2 Å². The topological polar surface area (TPSA) is 60.5 Å². The van der Waals surface area contributed by atoms with Gasteiger partial charge in [0.25, 0.3) is 0 Å². The summed E-state index contributed by atoms with van der Waals surface area (Å²) < 4.78 is 10.0. The lowest BCUT2D eigenvalue weighted by Gasteiger charge is -2.48. The number of pyridine rings is 1. The molecule has 0 aromatic carbocycles. The molecule has 5 heteroatoms. The minimum atomic E-state index is -0.681. The summed E-state index contributed by atoms with van der Waals surface area (Å²) in [5.41, 5.74) is 3.33. The van der Waals surface area contributed by atoms with Crippen molar-refractivity contribution in [3.63, 3.8) is 0 Å². The van der Waals surface area contributed by atoms with Crippen LogP contribution in [0.2, 0.25) is 0 Å². The third-order valence-corrected chi connectivity index (χ3v) is 4.65. The first-order chi connectivity index (χ1) is 10.5. The number of fused-ring (bicyclic) bond motifs is 4. The maximum Gasteiger partial charge on any atom is 0.407 e. The van der Waals surface area contributed by atoms with Gasteiger partial charge in [-0.1, -0.05) is 18.7 Å². The lowest BCUT2D eigenvalue weighted by Crippen LogP contribution is -2.54. The molecular weight excluding hydrogens is 280 g/mol. The molecule has 116 valence electrons. The predicted molar refractivity (Wildman–Crippen MR) is 82.7 cm³/mol. The van der Waals surface area contributed by atoms with E-state index < -0.39 is 11.6 Å². The quantitative estimate of drug-likeness (QED) is 0.853. The Bertz CT molecular complexity index is 668. The number of nitrogens with one attached hydrogen (secondary N) is 1. The number of rotatable bonds is 2. The SMILES string of the molecule is C=C1C[C@@H]2Cc3nc(OC)ccc3[C@](NC(=O)OC)(C1)C2=C. The van der Waals surface area contributed by atoms with Crippen molar-refractivity contribution in [1.82, 2.24) is 10.3 Å². The smallest absolute Gasteiger partial charge is 0.407 e. The molecule has 1 heterocycles. The van der Waals surface area contributed by atoms with Gasteiger partial charge in [0.1, 0.15) is 0 Å². The maximum atomic E-state index is 11.9. The normalized spacial score (nSPS) is 26.2. The molecule has 1 fully saturated rings. The highest BCUT2D eigenvalue weighted by atomic mass is 16.5. The second-order valence-electron chi connectivity index (χ2n) is 5.93. The Hall–Kier alpha value is -2.30. The molecule has 0 radical (unpaired) electrons. The van der Waals surface area contributed by atoms with Crippen LogP contribution in [0.3, 0.4) is 0 Å². The third kappa shape index (κ3) is 2.08. The number of nitrogens with zero attached hydrogens (tertiary/aromatic N) is 1. The first-order valence-electron chi connectivity index (χ1n) is 7.26. The second kappa shape index (κ2) is 5.16. The summed E-state index contributed by atoms with van der Waals surface area (Å²) >= 11 is 0. The van der Waals surface area contributed by atoms with Gasteiger partial charge >= 0.3 is 6.09 Å². The zero-order valence-corrected chi connectivity index (χ0v) is 12.9. The number of amides is 1. The highest BCUT2D eigenvalue weighted by Crippen LogP contribution is 2.51. The zero-order chi connectivity index (χ0) is 15.9. The Labute approximate surface area is 130 Å². The van der Waals surface area contributed by atoms with Crippen LogP contribution in [0.4, 0.5) is 4.79 Å². The number of methoxy groups -OCH3 is 2. The van der Waals surface area contributed by atoms with E-state index in [-0.39, 0.29) is 5.92 Å². The number of ether oxygens (including phenoxy) is 2. The fourth-order valence-electron chi connectivity index (χ4n) is 3.63. The number of carbonyl (C=O) groups is 1. The molecule has 0 saturated heterocycles. The number of aromatic nitrogens is 1. The largest absolute Gasteiger partial charge is 0.481 e. The van der Waals surface area contributed by atoms with Gasteiger partial charge in [-0.3, -0.25) is 0 Å². The molecule has 1 N–H and O–H groups in total. The molecule has 1 aromatic heterocycles. The Morgan fingerprint density at radius 3 is 2.82 bits per heavy atom. The van der Waals surface area contributed by atoms with Gasteiger partial charge in [0, 0.05) is 11.6 Å². The molecule has 22 heavy (non-hydrogen) atoms. The van der Waals surface area contributed by atoms with Crippen LogP contribution in [0.25, 0.3) is 0 Å². The van der Waals surface area contributed by atoms with Crippen molar-refractivity contribution in [3.8, 4) is 5.88 Å². The van der Waals surface area contributed by atoms with Crippen molar-refractivity contribution in [1.29, 1.82) is 0 Å². The van der Waals surface area contributed by atoms with Gasteiger partial charge in [-0.05, 0) is 36.8 Å². The molecule has 0 spiro atoms. The lowest BCUT2D eigenvalue weighted by atomic mass is 9.61. The highest BCUT2D eigenvalue weighted by molar-refractivity contribution is 5.70. The van der Waals surface area contributed by atoms with Gasteiger partial charge in [0.2, 0.25) is 5.88 Å². The summed E-state index contributed by atoms with van der Waals surface area (Å²) in [6, 6.07) is 3.77. The molecule has 0 aliphatic heterocycles. The Balaban J connectivity index is 2.16. The molecular formula is C17H20N2O3. The van der Waals surface area contributed by atoms with Gasteiger partial charge in [-0.15, -0.1) is 0 Å². The summed E-state index contributed by atoms with van der Waals surface area (Å²) in [6.45, 7) is 8.40. The molecule has 5 nitrogen and oxygen atoms in total. The van der Waals surface area contributed by atoms with Crippen molar-refractivity contribution in [2.45, 2.75) is 24.8 Å². The molecule has 2 aliphatic rings. The summed E-state index contributed by atoms with van der Waals surface area (Å²) in [6.07, 6.45) is 1.81. The molecule has 2 atom stereocenters. The van der Waals surface area contributed by atoms with Crippen LogP contribution < -0.4 is 10.1 Å². The van der Waals surface area contributed by atoms with Crippen molar-refractivity contribution >= 4 is 6.09 Å². The van der Waals surface area contributed by atoms with Crippen LogP contribution in [0, 0.1) is 5.92 Å². The fraction of sp³-hybridized carbons (Fsp3) is 0.412. The first-order valence-corrected chi connectivity index (χ1v) is 7.26. The predicted octanol–water partition coefficient (Wildman–Crippen LogP) is 2.72. The summed E-state index contributed by atoms with van der Waals surface area (Å²) in [7, 11) is 2.96. The number of hydrogen-bond donors (Lipinski definition) is 1. The van der Waals surface area contributed by atoms with Gasteiger partial charge in [-0.2, -0.15) is 0 Å². The minimum absolute atomic E-state index is 0.227. The molecule has 1 amide bonds. The maximum absolute atomic E-state index is 11.9. The Kier molecular flexibility index (Phi) is 3.43. The van der Waals surface area contributed by atoms with Crippen LogP contribution >= 0.6 is 0 Å². The second-order valence-corrected chi connectivity index (χ2v) is 5.93. The van der Waals surface area contributed by atoms with E-state index in [2.05, 4.69) is 23.5 Å². The first kappa shape index (κ1) is 14.6. The fourth-order valence-corrected chi connectivity index (χ4v) is 3.63. The van der Waals surface area contributed by atoms with E-state index in [1.807, 2.05) is 12.1 Å². The molecule has 2 aliphatic carbocycles. The average Bonchev–Trinajstić information content (AvgIpc) is 2.50.